The first-order chi connectivity index (χ1) is 13.5. The molecule has 2 N–H and O–H groups in total. The minimum atomic E-state index is -0.861. The van der Waals surface area contributed by atoms with Crippen LogP contribution in [-0.4, -0.2) is 37.0 Å². The lowest BCUT2D eigenvalue weighted by Gasteiger charge is -2.15. The van der Waals surface area contributed by atoms with Crippen LogP contribution < -0.4 is 10.6 Å². The van der Waals surface area contributed by atoms with Crippen molar-refractivity contribution in [2.24, 2.45) is 0 Å². The predicted molar refractivity (Wildman–Crippen MR) is 108 cm³/mol. The average molecular weight is 407 g/mol. The van der Waals surface area contributed by atoms with E-state index in [0.29, 0.717) is 17.1 Å². The summed E-state index contributed by atoms with van der Waals surface area (Å²) in [6, 6.07) is 6.45. The van der Waals surface area contributed by atoms with E-state index in [0.717, 1.165) is 19.3 Å². The summed E-state index contributed by atoms with van der Waals surface area (Å²) >= 11 is 5.78. The van der Waals surface area contributed by atoms with Crippen LogP contribution in [0.3, 0.4) is 0 Å². The molecule has 0 radical (unpaired) electrons. The molecule has 2 amide bonds. The van der Waals surface area contributed by atoms with Crippen molar-refractivity contribution in [3.63, 3.8) is 0 Å². The highest BCUT2D eigenvalue weighted by atomic mass is 35.5. The number of rotatable bonds is 9. The highest BCUT2D eigenvalue weighted by Gasteiger charge is 2.17. The van der Waals surface area contributed by atoms with Gasteiger partial charge in [-0.3, -0.25) is 14.4 Å². The molecule has 0 unspecified atom stereocenters. The topological polar surface area (TPSA) is 84.5 Å². The number of hydrogen-bond acceptors (Lipinski definition) is 4. The molecule has 1 atom stereocenters. The van der Waals surface area contributed by atoms with Gasteiger partial charge < -0.3 is 15.4 Å². The molecule has 152 valence electrons. The Morgan fingerprint density at radius 1 is 1.11 bits per heavy atom. The van der Waals surface area contributed by atoms with Crippen molar-refractivity contribution in [3.05, 3.63) is 46.5 Å². The maximum absolute atomic E-state index is 12.0. The van der Waals surface area contributed by atoms with E-state index in [1.807, 2.05) is 0 Å². The Labute approximate surface area is 170 Å². The van der Waals surface area contributed by atoms with Gasteiger partial charge in [-0.25, -0.2) is 0 Å². The zero-order valence-corrected chi connectivity index (χ0v) is 16.9. The number of benzene rings is 1. The quantitative estimate of drug-likeness (QED) is 0.486. The van der Waals surface area contributed by atoms with Crippen molar-refractivity contribution in [1.82, 2.24) is 10.6 Å². The molecule has 0 bridgehead atoms. The lowest BCUT2D eigenvalue weighted by molar-refractivity contribution is -0.154. The number of carbonyl (C=O) groups excluding carboxylic acids is 3. The van der Waals surface area contributed by atoms with Gasteiger partial charge in [-0.1, -0.05) is 23.3 Å². The summed E-state index contributed by atoms with van der Waals surface area (Å²) in [5.74, 6) is -1.14. The molecule has 0 spiro atoms. The molecule has 1 aliphatic carbocycles. The Morgan fingerprint density at radius 3 is 2.54 bits per heavy atom. The molecule has 0 saturated carbocycles. The molecule has 0 saturated heterocycles. The zero-order chi connectivity index (χ0) is 20.4. The summed E-state index contributed by atoms with van der Waals surface area (Å²) in [4.78, 5) is 35.8. The molecule has 2 rings (SSSR count). The van der Waals surface area contributed by atoms with Crippen LogP contribution in [0.25, 0.3) is 0 Å². The summed E-state index contributed by atoms with van der Waals surface area (Å²) in [6.45, 7) is 2.21. The van der Waals surface area contributed by atoms with E-state index < -0.39 is 12.1 Å². The third-order valence-corrected chi connectivity index (χ3v) is 4.78. The number of ether oxygens (including phenoxy) is 1. The number of carbonyl (C=O) groups is 3. The minimum absolute atomic E-state index is 0.0101. The largest absolute Gasteiger partial charge is 0.452 e. The van der Waals surface area contributed by atoms with Crippen molar-refractivity contribution >= 4 is 29.4 Å². The van der Waals surface area contributed by atoms with E-state index in [9.17, 15) is 14.4 Å². The fraction of sp³-hybridized carbons (Fsp3) is 0.476. The third kappa shape index (κ3) is 7.72. The van der Waals surface area contributed by atoms with Crippen LogP contribution in [0.1, 0.15) is 55.8 Å². The van der Waals surface area contributed by atoms with Crippen LogP contribution in [0.5, 0.6) is 0 Å². The number of esters is 1. The van der Waals surface area contributed by atoms with Crippen LogP contribution in [0.2, 0.25) is 5.02 Å². The smallest absolute Gasteiger partial charge is 0.308 e. The molecule has 1 aliphatic rings. The Kier molecular flexibility index (Phi) is 9.01. The number of hydrogen-bond donors (Lipinski definition) is 2. The van der Waals surface area contributed by atoms with Crippen LogP contribution in [0, 0.1) is 0 Å². The molecule has 0 heterocycles. The van der Waals surface area contributed by atoms with E-state index in [1.54, 1.807) is 31.2 Å². The highest BCUT2D eigenvalue weighted by molar-refractivity contribution is 6.30. The summed E-state index contributed by atoms with van der Waals surface area (Å²) < 4.78 is 5.12. The minimum Gasteiger partial charge on any atom is -0.452 e. The van der Waals surface area contributed by atoms with Gasteiger partial charge in [0, 0.05) is 23.7 Å². The molecular formula is C21H27ClN2O4. The van der Waals surface area contributed by atoms with Crippen LogP contribution in [0.15, 0.2) is 35.9 Å². The van der Waals surface area contributed by atoms with Crippen molar-refractivity contribution in [1.29, 1.82) is 0 Å². The lowest BCUT2D eigenvalue weighted by Crippen LogP contribution is -2.37. The second-order valence-electron chi connectivity index (χ2n) is 6.79. The first-order valence-corrected chi connectivity index (χ1v) is 10.0. The van der Waals surface area contributed by atoms with Gasteiger partial charge in [0.25, 0.3) is 11.8 Å². The summed E-state index contributed by atoms with van der Waals surface area (Å²) in [7, 11) is 0. The number of allylic oxidation sites excluding steroid dienone is 1. The average Bonchev–Trinajstić information content (AvgIpc) is 2.69. The lowest BCUT2D eigenvalue weighted by atomic mass is 9.97. The summed E-state index contributed by atoms with van der Waals surface area (Å²) in [5, 5.41) is 5.98. The summed E-state index contributed by atoms with van der Waals surface area (Å²) in [5.41, 5.74) is 1.84. The van der Waals surface area contributed by atoms with E-state index in [1.165, 1.54) is 18.4 Å². The SMILES string of the molecule is C[C@H](OC(=O)CCNC(=O)c1ccc(Cl)cc1)C(=O)NCCC1=CCCCC1. The Bertz CT molecular complexity index is 716. The molecule has 28 heavy (non-hydrogen) atoms. The van der Waals surface area contributed by atoms with E-state index in [2.05, 4.69) is 16.7 Å². The van der Waals surface area contributed by atoms with Gasteiger partial charge in [0.1, 0.15) is 0 Å². The fourth-order valence-corrected chi connectivity index (χ4v) is 3.04. The van der Waals surface area contributed by atoms with Gasteiger partial charge in [0.2, 0.25) is 0 Å². The van der Waals surface area contributed by atoms with Crippen LogP contribution >= 0.6 is 11.6 Å². The first-order valence-electron chi connectivity index (χ1n) is 9.64. The first kappa shape index (κ1) is 22.0. The van der Waals surface area contributed by atoms with Crippen LogP contribution in [0.4, 0.5) is 0 Å². The van der Waals surface area contributed by atoms with Gasteiger partial charge in [-0.15, -0.1) is 0 Å². The second-order valence-corrected chi connectivity index (χ2v) is 7.23. The van der Waals surface area contributed by atoms with E-state index in [4.69, 9.17) is 16.3 Å². The third-order valence-electron chi connectivity index (χ3n) is 4.53. The maximum Gasteiger partial charge on any atom is 0.308 e. The van der Waals surface area contributed by atoms with Gasteiger partial charge in [-0.05, 0) is 63.3 Å². The van der Waals surface area contributed by atoms with Gasteiger partial charge in [0.15, 0.2) is 6.10 Å². The molecular weight excluding hydrogens is 380 g/mol. The Hall–Kier alpha value is -2.34. The van der Waals surface area contributed by atoms with Crippen molar-refractivity contribution < 1.29 is 19.1 Å². The van der Waals surface area contributed by atoms with Crippen molar-refractivity contribution in [2.45, 2.75) is 51.6 Å². The molecule has 7 heteroatoms. The molecule has 1 aromatic carbocycles. The molecule has 0 fully saturated rings. The maximum atomic E-state index is 12.0. The van der Waals surface area contributed by atoms with Crippen molar-refractivity contribution in [3.8, 4) is 0 Å². The standard InChI is InChI=1S/C21H27ClN2O4/c1-15(20(26)23-13-11-16-5-3-2-4-6-16)28-19(25)12-14-24-21(27)17-7-9-18(22)10-8-17/h5,7-10,15H,2-4,6,11-14H2,1H3,(H,23,26)(H,24,27)/t15-/m0/s1. The molecule has 1 aromatic rings. The number of nitrogens with one attached hydrogen (secondary N) is 2. The fourth-order valence-electron chi connectivity index (χ4n) is 2.91. The van der Waals surface area contributed by atoms with Gasteiger partial charge in [-0.2, -0.15) is 0 Å². The Morgan fingerprint density at radius 2 is 1.86 bits per heavy atom. The second kappa shape index (κ2) is 11.5. The normalized spacial score (nSPS) is 14.6. The van der Waals surface area contributed by atoms with E-state index >= 15 is 0 Å². The Balaban J connectivity index is 1.61. The molecule has 0 aromatic heterocycles. The number of amides is 2. The van der Waals surface area contributed by atoms with Crippen molar-refractivity contribution in [2.75, 3.05) is 13.1 Å². The molecule has 6 nitrogen and oxygen atoms in total. The highest BCUT2D eigenvalue weighted by Crippen LogP contribution is 2.19. The van der Waals surface area contributed by atoms with Crippen LogP contribution in [-0.2, 0) is 14.3 Å². The van der Waals surface area contributed by atoms with Gasteiger partial charge >= 0.3 is 5.97 Å². The zero-order valence-electron chi connectivity index (χ0n) is 16.1. The van der Waals surface area contributed by atoms with Gasteiger partial charge in [0.05, 0.1) is 6.42 Å². The number of halogens is 1. The monoisotopic (exact) mass is 406 g/mol. The molecule has 0 aliphatic heterocycles. The van der Waals surface area contributed by atoms with E-state index in [-0.39, 0.29) is 24.8 Å². The summed E-state index contributed by atoms with van der Waals surface area (Å²) in [6.07, 6.45) is 6.88. The predicted octanol–water partition coefficient (Wildman–Crippen LogP) is 3.40.